The summed E-state index contributed by atoms with van der Waals surface area (Å²) >= 11 is 6.07. The number of carbonyl (C=O) groups excluding carboxylic acids is 1. The number of nitrogens with zero attached hydrogens (tertiary/aromatic N) is 3. The molecule has 2 aromatic heterocycles. The number of pyridine rings is 1. The topological polar surface area (TPSA) is 101 Å². The van der Waals surface area contributed by atoms with E-state index in [1.54, 1.807) is 30.5 Å². The van der Waals surface area contributed by atoms with E-state index < -0.39 is 24.0 Å². The third-order valence-electron chi connectivity index (χ3n) is 4.94. The highest BCUT2D eigenvalue weighted by Crippen LogP contribution is 2.34. The van der Waals surface area contributed by atoms with E-state index in [1.165, 1.54) is 10.5 Å². The fourth-order valence-electron chi connectivity index (χ4n) is 3.13. The molecule has 10 heteroatoms. The average molecular weight is 468 g/mol. The Kier molecular flexibility index (Phi) is 5.81. The Morgan fingerprint density at radius 1 is 1.22 bits per heavy atom. The van der Waals surface area contributed by atoms with Gasteiger partial charge in [-0.25, -0.2) is 0 Å². The number of hydrogen-bond acceptors (Lipinski definition) is 7. The third-order valence-corrected chi connectivity index (χ3v) is 6.32. The maximum atomic E-state index is 13.3. The quantitative estimate of drug-likeness (QED) is 0.450. The maximum absolute atomic E-state index is 13.3. The van der Waals surface area contributed by atoms with Crippen LogP contribution in [0.5, 0.6) is 11.6 Å². The van der Waals surface area contributed by atoms with E-state index in [-0.39, 0.29) is 20.7 Å². The maximum Gasteiger partial charge on any atom is 0.323 e. The molecule has 8 nitrogen and oxygen atoms in total. The third kappa shape index (κ3) is 4.02. The van der Waals surface area contributed by atoms with Crippen molar-refractivity contribution in [2.45, 2.75) is 13.8 Å². The van der Waals surface area contributed by atoms with Crippen LogP contribution in [0.1, 0.15) is 16.7 Å². The fraction of sp³-hybridized carbons (Fsp3) is 0.136. The summed E-state index contributed by atoms with van der Waals surface area (Å²) in [6.07, 6.45) is 2.93. The number of ether oxygens (including phenoxy) is 1. The Morgan fingerprint density at radius 2 is 2.00 bits per heavy atom. The molecule has 4 rings (SSSR count). The van der Waals surface area contributed by atoms with Crippen molar-refractivity contribution in [2.24, 2.45) is 0 Å². The number of carboxylic acids is 1. The zero-order chi connectivity index (χ0) is 23.0. The SMILES string of the molecule is Cc1cccc(Oc2nc3ccccn3c(=O)c2/C=C2/SC(=S)N(CC(=O)O)C2=O)c1C. The first kappa shape index (κ1) is 21.7. The predicted molar refractivity (Wildman–Crippen MR) is 125 cm³/mol. The van der Waals surface area contributed by atoms with E-state index in [9.17, 15) is 14.4 Å². The van der Waals surface area contributed by atoms with E-state index in [0.29, 0.717) is 11.4 Å². The van der Waals surface area contributed by atoms with Gasteiger partial charge in [0.25, 0.3) is 11.5 Å². The minimum absolute atomic E-state index is 0.0402. The van der Waals surface area contributed by atoms with Crippen molar-refractivity contribution in [3.05, 3.63) is 74.5 Å². The number of amides is 1. The summed E-state index contributed by atoms with van der Waals surface area (Å²) in [5, 5.41) is 9.04. The second-order valence-electron chi connectivity index (χ2n) is 7.03. The second-order valence-corrected chi connectivity index (χ2v) is 8.70. The normalized spacial score (nSPS) is 15.1. The van der Waals surface area contributed by atoms with Gasteiger partial charge in [-0.3, -0.25) is 23.7 Å². The molecule has 1 aliphatic rings. The molecule has 32 heavy (non-hydrogen) atoms. The molecule has 0 radical (unpaired) electrons. The lowest BCUT2D eigenvalue weighted by molar-refractivity contribution is -0.140. The Hall–Kier alpha value is -3.50. The molecule has 0 unspecified atom stereocenters. The highest BCUT2D eigenvalue weighted by atomic mass is 32.2. The zero-order valence-corrected chi connectivity index (χ0v) is 18.7. The van der Waals surface area contributed by atoms with E-state index in [0.717, 1.165) is 27.8 Å². The number of fused-ring (bicyclic) bond motifs is 1. The van der Waals surface area contributed by atoms with Crippen LogP contribution in [-0.4, -0.2) is 42.1 Å². The van der Waals surface area contributed by atoms with Crippen LogP contribution < -0.4 is 10.3 Å². The molecule has 162 valence electrons. The lowest BCUT2D eigenvalue weighted by Crippen LogP contribution is -2.33. The molecule has 0 aliphatic carbocycles. The Morgan fingerprint density at radius 3 is 2.75 bits per heavy atom. The summed E-state index contributed by atoms with van der Waals surface area (Å²) in [4.78, 5) is 42.6. The van der Waals surface area contributed by atoms with Gasteiger partial charge in [0.1, 0.15) is 27.8 Å². The molecule has 1 amide bonds. The van der Waals surface area contributed by atoms with Crippen molar-refractivity contribution in [1.82, 2.24) is 14.3 Å². The minimum atomic E-state index is -1.19. The molecule has 0 spiro atoms. The van der Waals surface area contributed by atoms with Crippen LogP contribution in [-0.2, 0) is 9.59 Å². The van der Waals surface area contributed by atoms with Crippen LogP contribution in [0, 0.1) is 13.8 Å². The van der Waals surface area contributed by atoms with E-state index >= 15 is 0 Å². The van der Waals surface area contributed by atoms with Gasteiger partial charge in [0, 0.05) is 6.20 Å². The van der Waals surface area contributed by atoms with E-state index in [4.69, 9.17) is 22.1 Å². The summed E-state index contributed by atoms with van der Waals surface area (Å²) < 4.78 is 7.50. The van der Waals surface area contributed by atoms with Crippen LogP contribution in [0.3, 0.4) is 0 Å². The predicted octanol–water partition coefficient (Wildman–Crippen LogP) is 3.39. The Balaban J connectivity index is 1.86. The number of carbonyl (C=O) groups is 2. The van der Waals surface area contributed by atoms with Gasteiger partial charge >= 0.3 is 5.97 Å². The molecular weight excluding hydrogens is 450 g/mol. The molecule has 1 fully saturated rings. The number of aromatic nitrogens is 2. The summed E-state index contributed by atoms with van der Waals surface area (Å²) in [5.41, 5.74) is 1.91. The van der Waals surface area contributed by atoms with Gasteiger partial charge in [0.05, 0.1) is 4.91 Å². The summed E-state index contributed by atoms with van der Waals surface area (Å²) in [6, 6.07) is 10.7. The van der Waals surface area contributed by atoms with Gasteiger partial charge in [-0.1, -0.05) is 42.2 Å². The van der Waals surface area contributed by atoms with Crippen LogP contribution in [0.2, 0.25) is 0 Å². The molecule has 1 saturated heterocycles. The molecular formula is C22H17N3O5S2. The van der Waals surface area contributed by atoms with Gasteiger partial charge in [-0.2, -0.15) is 4.98 Å². The molecule has 1 N–H and O–H groups in total. The summed E-state index contributed by atoms with van der Waals surface area (Å²) in [5.74, 6) is -1.20. The number of thiocarbonyl (C=S) groups is 1. The number of thioether (sulfide) groups is 1. The van der Waals surface area contributed by atoms with Crippen LogP contribution in [0.25, 0.3) is 11.7 Å². The van der Waals surface area contributed by atoms with Gasteiger partial charge in [-0.15, -0.1) is 0 Å². The highest BCUT2D eigenvalue weighted by Gasteiger charge is 2.34. The molecule has 0 bridgehead atoms. The molecule has 1 aromatic carbocycles. The Bertz CT molecular complexity index is 1380. The Labute approximate surface area is 192 Å². The molecule has 1 aliphatic heterocycles. The van der Waals surface area contributed by atoms with Crippen LogP contribution >= 0.6 is 24.0 Å². The second kappa shape index (κ2) is 8.56. The van der Waals surface area contributed by atoms with Crippen LogP contribution in [0.15, 0.2) is 52.3 Å². The molecule has 0 saturated carbocycles. The standard InChI is InChI=1S/C22H17N3O5S2/c1-12-6-5-7-15(13(12)2)30-19-14(20(28)24-9-4-3-8-17(24)23-19)10-16-21(29)25(11-18(26)27)22(31)32-16/h3-10H,11H2,1-2H3,(H,26,27)/b16-10+. The van der Waals surface area contributed by atoms with Crippen molar-refractivity contribution in [2.75, 3.05) is 6.54 Å². The van der Waals surface area contributed by atoms with Gasteiger partial charge in [-0.05, 0) is 49.2 Å². The zero-order valence-electron chi connectivity index (χ0n) is 17.1. The number of benzene rings is 1. The molecule has 3 aromatic rings. The lowest BCUT2D eigenvalue weighted by Gasteiger charge is -2.13. The first-order valence-corrected chi connectivity index (χ1v) is 10.7. The molecule has 3 heterocycles. The fourth-order valence-corrected chi connectivity index (χ4v) is 4.36. The first-order valence-electron chi connectivity index (χ1n) is 9.49. The minimum Gasteiger partial charge on any atom is -0.480 e. The number of carboxylic acid groups (broad SMARTS) is 1. The van der Waals surface area contributed by atoms with Crippen molar-refractivity contribution < 1.29 is 19.4 Å². The molecule has 0 atom stereocenters. The van der Waals surface area contributed by atoms with E-state index in [1.807, 2.05) is 26.0 Å². The summed E-state index contributed by atoms with van der Waals surface area (Å²) in [7, 11) is 0. The summed E-state index contributed by atoms with van der Waals surface area (Å²) in [6.45, 7) is 3.29. The lowest BCUT2D eigenvalue weighted by atomic mass is 10.1. The monoisotopic (exact) mass is 467 g/mol. The average Bonchev–Trinajstić information content (AvgIpc) is 3.01. The van der Waals surface area contributed by atoms with Gasteiger partial charge < -0.3 is 9.84 Å². The smallest absolute Gasteiger partial charge is 0.323 e. The largest absolute Gasteiger partial charge is 0.480 e. The van der Waals surface area contributed by atoms with Gasteiger partial charge in [0.15, 0.2) is 0 Å². The number of aryl methyl sites for hydroxylation is 1. The van der Waals surface area contributed by atoms with Crippen molar-refractivity contribution in [1.29, 1.82) is 0 Å². The van der Waals surface area contributed by atoms with Crippen molar-refractivity contribution >= 4 is 51.9 Å². The van der Waals surface area contributed by atoms with Gasteiger partial charge in [0.2, 0.25) is 5.88 Å². The highest BCUT2D eigenvalue weighted by molar-refractivity contribution is 8.26. The van der Waals surface area contributed by atoms with Crippen molar-refractivity contribution in [3.8, 4) is 11.6 Å². The van der Waals surface area contributed by atoms with Crippen LogP contribution in [0.4, 0.5) is 0 Å². The number of aliphatic carboxylic acids is 1. The number of rotatable bonds is 5. The van der Waals surface area contributed by atoms with Crippen molar-refractivity contribution in [3.63, 3.8) is 0 Å². The first-order chi connectivity index (χ1) is 15.3. The number of hydrogen-bond donors (Lipinski definition) is 1. The van der Waals surface area contributed by atoms with E-state index in [2.05, 4.69) is 4.98 Å².